The van der Waals surface area contributed by atoms with Gasteiger partial charge in [-0.25, -0.2) is 4.98 Å². The van der Waals surface area contributed by atoms with Crippen molar-refractivity contribution in [2.45, 2.75) is 63.4 Å². The molecule has 0 radical (unpaired) electrons. The number of halogens is 1. The molecule has 3 aliphatic rings. The second kappa shape index (κ2) is 8.12. The lowest BCUT2D eigenvalue weighted by molar-refractivity contribution is -0.181. The van der Waals surface area contributed by atoms with E-state index in [-0.39, 0.29) is 23.7 Å². The number of rotatable bonds is 7. The zero-order valence-corrected chi connectivity index (χ0v) is 18.7. The molecule has 6 nitrogen and oxygen atoms in total. The average molecular weight is 425 g/mol. The number of nitrogens with one attached hydrogen (secondary N) is 1. The van der Waals surface area contributed by atoms with Crippen molar-refractivity contribution < 1.29 is 18.8 Å². The van der Waals surface area contributed by atoms with Crippen molar-refractivity contribution in [2.24, 2.45) is 11.8 Å². The summed E-state index contributed by atoms with van der Waals surface area (Å²) in [5.74, 6) is -1.66. The van der Waals surface area contributed by atoms with Gasteiger partial charge < -0.3 is 14.5 Å². The van der Waals surface area contributed by atoms with Crippen LogP contribution in [0.2, 0.25) is 23.3 Å². The van der Waals surface area contributed by atoms with Crippen LogP contribution in [0, 0.1) is 11.8 Å². The first kappa shape index (κ1) is 21.3. The van der Waals surface area contributed by atoms with Gasteiger partial charge in [0.25, 0.3) is 0 Å². The molecule has 28 heavy (non-hydrogen) atoms. The molecule has 2 aliphatic heterocycles. The van der Waals surface area contributed by atoms with Crippen molar-refractivity contribution in [3.05, 3.63) is 29.0 Å². The first-order valence-electron chi connectivity index (χ1n) is 10.1. The number of amides is 1. The molecule has 8 heteroatoms. The third kappa shape index (κ3) is 3.48. The quantitative estimate of drug-likeness (QED) is 0.408. The molecule has 3 fully saturated rings. The molecule has 0 aromatic carbocycles. The number of carbonyl (C=O) groups excluding carboxylic acids is 2. The number of nitrogens with zero attached hydrogens (tertiary/aromatic N) is 1. The van der Waals surface area contributed by atoms with Gasteiger partial charge in [-0.05, 0) is 42.6 Å². The molecule has 0 unspecified atom stereocenters. The maximum atomic E-state index is 13.0. The average Bonchev–Trinajstić information content (AvgIpc) is 2.72. The summed E-state index contributed by atoms with van der Waals surface area (Å²) in [5, 5.41) is 3.47. The van der Waals surface area contributed by atoms with Gasteiger partial charge in [-0.3, -0.25) is 9.59 Å². The molecule has 1 amide bonds. The van der Waals surface area contributed by atoms with E-state index in [9.17, 15) is 9.59 Å². The minimum absolute atomic E-state index is 0.0578. The third-order valence-electron chi connectivity index (χ3n) is 6.72. The number of aromatic nitrogens is 1. The first-order chi connectivity index (χ1) is 13.3. The van der Waals surface area contributed by atoms with E-state index in [2.05, 4.69) is 31.1 Å². The summed E-state index contributed by atoms with van der Waals surface area (Å²) in [5.41, 5.74) is -0.193. The fraction of sp³-hybridized carbons (Fsp3) is 0.650. The van der Waals surface area contributed by atoms with E-state index >= 15 is 0 Å². The largest absolute Gasteiger partial charge is 0.469 e. The Morgan fingerprint density at radius 3 is 2.50 bits per heavy atom. The van der Waals surface area contributed by atoms with E-state index in [4.69, 9.17) is 20.8 Å². The standard InChI is InChI=1S/C20H29ClN2O4Si/c1-5-28(6-2,7-3)27-20-11-10-14(18(24)23-20)16(17(20)19(25)26-4)13-8-9-15(21)22-12-13/h8-9,12,14,16-17H,5-7,10-11H2,1-4H3,(H,23,24)/t14-,16-,17-,20-/m1/s1. The lowest BCUT2D eigenvalue weighted by Gasteiger charge is -2.57. The van der Waals surface area contributed by atoms with Gasteiger partial charge in [0, 0.05) is 18.0 Å². The predicted octanol–water partition coefficient (Wildman–Crippen LogP) is 3.87. The number of hydrogen-bond donors (Lipinski definition) is 1. The Balaban J connectivity index is 2.10. The van der Waals surface area contributed by atoms with Crippen molar-refractivity contribution in [2.75, 3.05) is 7.11 Å². The number of methoxy groups -OCH3 is 1. The summed E-state index contributed by atoms with van der Waals surface area (Å²) in [6.07, 6.45) is 2.96. The smallest absolute Gasteiger partial charge is 0.314 e. The maximum Gasteiger partial charge on any atom is 0.314 e. The van der Waals surface area contributed by atoms with Crippen LogP contribution in [0.15, 0.2) is 18.3 Å². The lowest BCUT2D eigenvalue weighted by Crippen LogP contribution is -2.72. The minimum atomic E-state index is -2.10. The van der Waals surface area contributed by atoms with E-state index in [1.54, 1.807) is 12.3 Å². The molecule has 1 aromatic heterocycles. The summed E-state index contributed by atoms with van der Waals surface area (Å²) in [4.78, 5) is 30.1. The Hall–Kier alpha value is -1.44. The third-order valence-corrected chi connectivity index (χ3v) is 11.6. The van der Waals surface area contributed by atoms with Gasteiger partial charge in [0.05, 0.1) is 7.11 Å². The van der Waals surface area contributed by atoms with Crippen LogP contribution in [0.4, 0.5) is 0 Å². The zero-order valence-electron chi connectivity index (χ0n) is 17.0. The van der Waals surface area contributed by atoms with Gasteiger partial charge >= 0.3 is 5.97 Å². The molecule has 0 spiro atoms. The highest BCUT2D eigenvalue weighted by atomic mass is 35.5. The maximum absolute atomic E-state index is 13.0. The molecule has 4 atom stereocenters. The van der Waals surface area contributed by atoms with Crippen LogP contribution in [0.5, 0.6) is 0 Å². The number of ether oxygens (including phenoxy) is 1. The van der Waals surface area contributed by atoms with Crippen LogP contribution in [-0.4, -0.2) is 38.0 Å². The Morgan fingerprint density at radius 1 is 1.32 bits per heavy atom. The van der Waals surface area contributed by atoms with Crippen molar-refractivity contribution >= 4 is 31.8 Å². The monoisotopic (exact) mass is 424 g/mol. The molecule has 1 N–H and O–H groups in total. The van der Waals surface area contributed by atoms with E-state index in [1.165, 1.54) is 7.11 Å². The van der Waals surface area contributed by atoms with Gasteiger partial charge in [-0.1, -0.05) is 38.4 Å². The predicted molar refractivity (Wildman–Crippen MR) is 109 cm³/mol. The SMILES string of the molecule is CC[Si](CC)(CC)O[C@@]12CC[C@@H](C(=O)N1)[C@@H](c1ccc(Cl)nc1)[C@@H]2C(=O)OC. The second-order valence-corrected chi connectivity index (χ2v) is 12.9. The molecule has 1 aromatic rings. The van der Waals surface area contributed by atoms with E-state index in [0.717, 1.165) is 23.7 Å². The van der Waals surface area contributed by atoms with Gasteiger partial charge in [0.15, 0.2) is 8.32 Å². The number of fused-ring (bicyclic) bond motifs is 3. The second-order valence-electron chi connectivity index (χ2n) is 7.81. The van der Waals surface area contributed by atoms with Crippen molar-refractivity contribution in [3.63, 3.8) is 0 Å². The first-order valence-corrected chi connectivity index (χ1v) is 13.0. The molecular formula is C20H29ClN2O4Si. The molecular weight excluding hydrogens is 396 g/mol. The topological polar surface area (TPSA) is 77.5 Å². The Labute approximate surface area is 172 Å². The summed E-state index contributed by atoms with van der Waals surface area (Å²) < 4.78 is 12.0. The fourth-order valence-electron chi connectivity index (χ4n) is 4.93. The number of pyridine rings is 1. The molecule has 3 heterocycles. The van der Waals surface area contributed by atoms with E-state index in [0.29, 0.717) is 18.0 Å². The molecule has 1 saturated carbocycles. The highest BCUT2D eigenvalue weighted by Gasteiger charge is 2.63. The lowest BCUT2D eigenvalue weighted by atomic mass is 9.61. The summed E-state index contributed by atoms with van der Waals surface area (Å²) in [6.45, 7) is 6.42. The summed E-state index contributed by atoms with van der Waals surface area (Å²) in [7, 11) is -0.712. The van der Waals surface area contributed by atoms with Gasteiger partial charge in [-0.2, -0.15) is 0 Å². The minimum Gasteiger partial charge on any atom is -0.469 e. The Bertz CT molecular complexity index is 732. The molecule has 2 saturated heterocycles. The highest BCUT2D eigenvalue weighted by Crippen LogP contribution is 2.53. The van der Waals surface area contributed by atoms with E-state index < -0.39 is 20.0 Å². The number of hydrogen-bond acceptors (Lipinski definition) is 5. The van der Waals surface area contributed by atoms with Crippen molar-refractivity contribution in [1.29, 1.82) is 0 Å². The van der Waals surface area contributed by atoms with Crippen LogP contribution >= 0.6 is 11.6 Å². The highest BCUT2D eigenvalue weighted by molar-refractivity contribution is 6.73. The van der Waals surface area contributed by atoms with E-state index in [1.807, 2.05) is 6.07 Å². The molecule has 2 bridgehead atoms. The van der Waals surface area contributed by atoms with Crippen LogP contribution in [0.1, 0.15) is 45.1 Å². The van der Waals surface area contributed by atoms with Gasteiger partial charge in [0.1, 0.15) is 16.8 Å². The number of piperidine rings is 2. The molecule has 1 aliphatic carbocycles. The molecule has 4 rings (SSSR count). The van der Waals surface area contributed by atoms with Crippen LogP contribution in [0.3, 0.4) is 0 Å². The van der Waals surface area contributed by atoms with Crippen molar-refractivity contribution in [3.8, 4) is 0 Å². The summed E-state index contributed by atoms with van der Waals surface area (Å²) >= 11 is 5.95. The number of esters is 1. The van der Waals surface area contributed by atoms with Gasteiger partial charge in [0.2, 0.25) is 5.91 Å². The van der Waals surface area contributed by atoms with Crippen molar-refractivity contribution in [1.82, 2.24) is 10.3 Å². The normalized spacial score (nSPS) is 29.5. The number of carbonyl (C=O) groups is 2. The zero-order chi connectivity index (χ0) is 20.5. The molecule has 154 valence electrons. The fourth-order valence-corrected chi connectivity index (χ4v) is 8.03. The van der Waals surface area contributed by atoms with Crippen LogP contribution in [-0.2, 0) is 18.8 Å². The van der Waals surface area contributed by atoms with Crippen LogP contribution < -0.4 is 5.32 Å². The van der Waals surface area contributed by atoms with Gasteiger partial charge in [-0.15, -0.1) is 0 Å². The Kier molecular flexibility index (Phi) is 6.17. The Morgan fingerprint density at radius 2 is 2.00 bits per heavy atom. The van der Waals surface area contributed by atoms with Crippen LogP contribution in [0.25, 0.3) is 0 Å². The summed E-state index contributed by atoms with van der Waals surface area (Å²) in [6, 6.07) is 6.34.